The highest BCUT2D eigenvalue weighted by Gasteiger charge is 2.35. The second kappa shape index (κ2) is 10.3. The smallest absolute Gasteiger partial charge is 0.227 e. The molecule has 1 unspecified atom stereocenters. The van der Waals surface area contributed by atoms with Crippen LogP contribution in [0.25, 0.3) is 0 Å². The van der Waals surface area contributed by atoms with Gasteiger partial charge < -0.3 is 24.4 Å². The van der Waals surface area contributed by atoms with E-state index in [0.29, 0.717) is 36.9 Å². The molecule has 1 aliphatic heterocycles. The zero-order chi connectivity index (χ0) is 22.4. The van der Waals surface area contributed by atoms with Crippen LogP contribution in [0.3, 0.4) is 0 Å². The Morgan fingerprint density at radius 1 is 1.10 bits per heavy atom. The highest BCUT2D eigenvalue weighted by Crippen LogP contribution is 2.34. The Kier molecular flexibility index (Phi) is 7.52. The van der Waals surface area contributed by atoms with Gasteiger partial charge >= 0.3 is 0 Å². The van der Waals surface area contributed by atoms with Crippen molar-refractivity contribution in [2.45, 2.75) is 39.5 Å². The summed E-state index contributed by atoms with van der Waals surface area (Å²) in [6.45, 7) is 5.21. The maximum absolute atomic E-state index is 12.8. The van der Waals surface area contributed by atoms with Gasteiger partial charge in [0.25, 0.3) is 0 Å². The summed E-state index contributed by atoms with van der Waals surface area (Å²) in [5, 5.41) is 2.98. The highest BCUT2D eigenvalue weighted by atomic mass is 16.5. The molecule has 7 nitrogen and oxygen atoms in total. The Balaban J connectivity index is 1.63. The molecular formula is C24H30N2O5. The maximum atomic E-state index is 12.8. The molecule has 0 aliphatic carbocycles. The van der Waals surface area contributed by atoms with Crippen molar-refractivity contribution in [3.05, 3.63) is 53.6 Å². The highest BCUT2D eigenvalue weighted by molar-refractivity contribution is 6.00. The molecule has 3 rings (SSSR count). The summed E-state index contributed by atoms with van der Waals surface area (Å²) in [6, 6.07) is 13.2. The largest absolute Gasteiger partial charge is 0.493 e. The third kappa shape index (κ3) is 5.55. The van der Waals surface area contributed by atoms with E-state index in [1.54, 1.807) is 37.3 Å². The van der Waals surface area contributed by atoms with Crippen LogP contribution in [-0.4, -0.2) is 38.7 Å². The van der Waals surface area contributed by atoms with E-state index in [4.69, 9.17) is 14.2 Å². The van der Waals surface area contributed by atoms with Crippen molar-refractivity contribution < 1.29 is 23.8 Å². The summed E-state index contributed by atoms with van der Waals surface area (Å²) in [7, 11) is 3.11. The number of carbonyl (C=O) groups is 2. The molecule has 0 saturated carbocycles. The van der Waals surface area contributed by atoms with E-state index in [1.165, 1.54) is 0 Å². The van der Waals surface area contributed by atoms with Crippen LogP contribution in [0.2, 0.25) is 0 Å². The fourth-order valence-electron chi connectivity index (χ4n) is 3.58. The van der Waals surface area contributed by atoms with Gasteiger partial charge in [0.05, 0.1) is 32.8 Å². The van der Waals surface area contributed by atoms with Gasteiger partial charge in [0.1, 0.15) is 0 Å². The summed E-state index contributed by atoms with van der Waals surface area (Å²) in [5.41, 5.74) is 2.75. The van der Waals surface area contributed by atoms with Gasteiger partial charge in [-0.25, -0.2) is 0 Å². The second-order valence-electron chi connectivity index (χ2n) is 7.79. The molecule has 0 radical (unpaired) electrons. The van der Waals surface area contributed by atoms with E-state index in [-0.39, 0.29) is 24.3 Å². The number of nitrogens with zero attached hydrogens (tertiary/aromatic N) is 1. The lowest BCUT2D eigenvalue weighted by Gasteiger charge is -2.19. The molecule has 1 atom stereocenters. The predicted molar refractivity (Wildman–Crippen MR) is 118 cm³/mol. The van der Waals surface area contributed by atoms with Gasteiger partial charge in [0, 0.05) is 31.3 Å². The molecular weight excluding hydrogens is 396 g/mol. The van der Waals surface area contributed by atoms with E-state index in [9.17, 15) is 9.59 Å². The lowest BCUT2D eigenvalue weighted by atomic mass is 10.1. The topological polar surface area (TPSA) is 77.1 Å². The summed E-state index contributed by atoms with van der Waals surface area (Å²) in [4.78, 5) is 27.0. The minimum absolute atomic E-state index is 0.0851. The number of rotatable bonds is 9. The predicted octanol–water partition coefficient (Wildman–Crippen LogP) is 3.30. The van der Waals surface area contributed by atoms with Crippen LogP contribution in [0.5, 0.6) is 11.5 Å². The summed E-state index contributed by atoms with van der Waals surface area (Å²) in [5.74, 6) is 0.516. The number of methoxy groups -OCH3 is 2. The van der Waals surface area contributed by atoms with E-state index < -0.39 is 5.92 Å². The van der Waals surface area contributed by atoms with Crippen molar-refractivity contribution in [2.75, 3.05) is 25.7 Å². The molecule has 2 amide bonds. The van der Waals surface area contributed by atoms with Crippen LogP contribution in [0.15, 0.2) is 42.5 Å². The second-order valence-corrected chi connectivity index (χ2v) is 7.79. The molecule has 31 heavy (non-hydrogen) atoms. The third-order valence-electron chi connectivity index (χ3n) is 5.32. The van der Waals surface area contributed by atoms with Gasteiger partial charge in [-0.1, -0.05) is 24.3 Å². The van der Waals surface area contributed by atoms with Gasteiger partial charge in [-0.05, 0) is 37.1 Å². The Morgan fingerprint density at radius 3 is 2.48 bits per heavy atom. The normalized spacial score (nSPS) is 16.0. The van der Waals surface area contributed by atoms with Crippen molar-refractivity contribution in [3.8, 4) is 11.5 Å². The number of carbonyl (C=O) groups excluding carboxylic acids is 2. The van der Waals surface area contributed by atoms with Crippen LogP contribution in [0.4, 0.5) is 5.69 Å². The van der Waals surface area contributed by atoms with E-state index in [2.05, 4.69) is 5.32 Å². The molecule has 166 valence electrons. The molecule has 2 aromatic rings. The lowest BCUT2D eigenvalue weighted by Crippen LogP contribution is -2.32. The number of amides is 2. The Morgan fingerprint density at radius 2 is 1.81 bits per heavy atom. The Bertz CT molecular complexity index is 928. The molecule has 1 saturated heterocycles. The van der Waals surface area contributed by atoms with E-state index >= 15 is 0 Å². The van der Waals surface area contributed by atoms with E-state index in [0.717, 1.165) is 11.1 Å². The van der Waals surface area contributed by atoms with Gasteiger partial charge in [0.2, 0.25) is 11.8 Å². The van der Waals surface area contributed by atoms with Crippen LogP contribution < -0.4 is 19.7 Å². The fourth-order valence-corrected chi connectivity index (χ4v) is 3.58. The molecule has 0 spiro atoms. The minimum Gasteiger partial charge on any atom is -0.493 e. The van der Waals surface area contributed by atoms with Gasteiger partial charge in [-0.2, -0.15) is 0 Å². The first-order valence-electron chi connectivity index (χ1n) is 10.4. The SMILES string of the molecule is COc1ccc(N2CC(C(=O)NCc3ccccc3COC(C)C)CC2=O)cc1OC. The number of benzene rings is 2. The zero-order valence-corrected chi connectivity index (χ0v) is 18.5. The lowest BCUT2D eigenvalue weighted by molar-refractivity contribution is -0.126. The number of nitrogens with one attached hydrogen (secondary N) is 1. The van der Waals surface area contributed by atoms with Crippen molar-refractivity contribution in [2.24, 2.45) is 5.92 Å². The number of hydrogen-bond donors (Lipinski definition) is 1. The quantitative estimate of drug-likeness (QED) is 0.666. The van der Waals surface area contributed by atoms with Crippen molar-refractivity contribution in [1.82, 2.24) is 5.32 Å². The van der Waals surface area contributed by atoms with Crippen LogP contribution in [-0.2, 0) is 27.5 Å². The Hall–Kier alpha value is -3.06. The summed E-state index contributed by atoms with van der Waals surface area (Å²) < 4.78 is 16.3. The molecule has 1 N–H and O–H groups in total. The average Bonchev–Trinajstić information content (AvgIpc) is 3.17. The maximum Gasteiger partial charge on any atom is 0.227 e. The van der Waals surface area contributed by atoms with Gasteiger partial charge in [0.15, 0.2) is 11.5 Å². The first kappa shape index (κ1) is 22.6. The summed E-state index contributed by atoms with van der Waals surface area (Å²) in [6.07, 6.45) is 0.313. The number of ether oxygens (including phenoxy) is 3. The molecule has 1 heterocycles. The van der Waals surface area contributed by atoms with Crippen LogP contribution in [0, 0.1) is 5.92 Å². The van der Waals surface area contributed by atoms with Gasteiger partial charge in [-0.3, -0.25) is 9.59 Å². The average molecular weight is 427 g/mol. The minimum atomic E-state index is -0.403. The molecule has 7 heteroatoms. The van der Waals surface area contributed by atoms with Gasteiger partial charge in [-0.15, -0.1) is 0 Å². The van der Waals surface area contributed by atoms with Crippen LogP contribution >= 0.6 is 0 Å². The monoisotopic (exact) mass is 426 g/mol. The number of hydrogen-bond acceptors (Lipinski definition) is 5. The Labute approximate surface area is 183 Å². The molecule has 0 bridgehead atoms. The fraction of sp³-hybridized carbons (Fsp3) is 0.417. The van der Waals surface area contributed by atoms with E-state index in [1.807, 2.05) is 38.1 Å². The molecule has 0 aromatic heterocycles. The molecule has 2 aromatic carbocycles. The molecule has 1 fully saturated rings. The molecule has 1 aliphatic rings. The first-order chi connectivity index (χ1) is 14.9. The van der Waals surface area contributed by atoms with Crippen LogP contribution in [0.1, 0.15) is 31.4 Å². The van der Waals surface area contributed by atoms with Crippen molar-refractivity contribution in [1.29, 1.82) is 0 Å². The van der Waals surface area contributed by atoms with Crippen molar-refractivity contribution >= 4 is 17.5 Å². The standard InChI is InChI=1S/C24H30N2O5/c1-16(2)31-15-18-8-6-5-7-17(18)13-25-24(28)19-11-23(27)26(14-19)20-9-10-21(29-3)22(12-20)30-4/h5-10,12,16,19H,11,13-15H2,1-4H3,(H,25,28). The third-order valence-corrected chi connectivity index (χ3v) is 5.32. The summed E-state index contributed by atoms with van der Waals surface area (Å²) >= 11 is 0. The first-order valence-corrected chi connectivity index (χ1v) is 10.4. The number of anilines is 1. The zero-order valence-electron chi connectivity index (χ0n) is 18.5. The van der Waals surface area contributed by atoms with Crippen molar-refractivity contribution in [3.63, 3.8) is 0 Å².